The first-order valence-corrected chi connectivity index (χ1v) is 14.5. The van der Waals surface area contributed by atoms with Crippen molar-refractivity contribution in [2.24, 2.45) is 11.7 Å². The predicted molar refractivity (Wildman–Crippen MR) is 157 cm³/mol. The number of benzene rings is 1. The maximum absolute atomic E-state index is 11.0. The Kier molecular flexibility index (Phi) is 10.6. The standard InChI is InChI=1S/C17H16N2O4.C14H28N2O2/c1-22-16-6-5-11(10-18-16)7-8-23-15-4-2-3-13-12(15)9-14(19-13)17(20)21;1-11-10-16(8-4-13(11)17)9-7-14(18)5-2-12(15)3-6-14/h2-6,9-10,19H,7-8H2,1H3,(H,20,21);11-13,17-18H,2-10,15H2,1H3/t;11-,12?,13-,14?/m.0/s1. The van der Waals surface area contributed by atoms with Crippen LogP contribution in [0, 0.1) is 5.92 Å². The summed E-state index contributed by atoms with van der Waals surface area (Å²) < 4.78 is 10.8. The van der Waals surface area contributed by atoms with Crippen LogP contribution in [0.25, 0.3) is 10.9 Å². The van der Waals surface area contributed by atoms with Crippen molar-refractivity contribution in [1.82, 2.24) is 14.9 Å². The monoisotopic (exact) mass is 568 g/mol. The zero-order valence-corrected chi connectivity index (χ0v) is 24.1. The van der Waals surface area contributed by atoms with Crippen LogP contribution in [-0.2, 0) is 6.42 Å². The molecule has 6 N–H and O–H groups in total. The topological polar surface area (TPSA) is 154 Å². The number of hydrogen-bond donors (Lipinski definition) is 5. The lowest BCUT2D eigenvalue weighted by molar-refractivity contribution is -0.0252. The van der Waals surface area contributed by atoms with Gasteiger partial charge in [0.25, 0.3) is 0 Å². The number of aromatic nitrogens is 2. The molecule has 1 aliphatic carbocycles. The third-order valence-electron chi connectivity index (χ3n) is 8.31. The molecule has 0 radical (unpaired) electrons. The minimum Gasteiger partial charge on any atom is -0.493 e. The van der Waals surface area contributed by atoms with Gasteiger partial charge in [-0.05, 0) is 68.2 Å². The molecule has 0 spiro atoms. The maximum Gasteiger partial charge on any atom is 0.352 e. The highest BCUT2D eigenvalue weighted by molar-refractivity contribution is 5.96. The van der Waals surface area contributed by atoms with E-state index in [1.54, 1.807) is 25.4 Å². The summed E-state index contributed by atoms with van der Waals surface area (Å²) in [7, 11) is 1.58. The van der Waals surface area contributed by atoms with Crippen LogP contribution in [-0.4, -0.2) is 87.3 Å². The highest BCUT2D eigenvalue weighted by Gasteiger charge is 2.33. The number of aromatic carboxylic acids is 1. The molecular weight excluding hydrogens is 524 g/mol. The first kappa shape index (κ1) is 30.8. The second kappa shape index (κ2) is 14.1. The summed E-state index contributed by atoms with van der Waals surface area (Å²) in [6.07, 6.45) is 7.62. The second-order valence-corrected chi connectivity index (χ2v) is 11.5. The normalized spacial score (nSPS) is 24.9. The van der Waals surface area contributed by atoms with Crippen molar-refractivity contribution in [1.29, 1.82) is 0 Å². The zero-order chi connectivity index (χ0) is 29.4. The van der Waals surface area contributed by atoms with E-state index in [2.05, 4.69) is 21.8 Å². The number of carbonyl (C=O) groups is 1. The summed E-state index contributed by atoms with van der Waals surface area (Å²) >= 11 is 0. The van der Waals surface area contributed by atoms with Crippen LogP contribution >= 0.6 is 0 Å². The van der Waals surface area contributed by atoms with E-state index in [9.17, 15) is 15.0 Å². The molecule has 3 heterocycles. The average Bonchev–Trinajstić information content (AvgIpc) is 3.42. The van der Waals surface area contributed by atoms with Crippen LogP contribution in [0.3, 0.4) is 0 Å². The summed E-state index contributed by atoms with van der Waals surface area (Å²) in [6.45, 7) is 5.44. The van der Waals surface area contributed by atoms with E-state index < -0.39 is 11.6 Å². The van der Waals surface area contributed by atoms with Gasteiger partial charge in [0.1, 0.15) is 11.4 Å². The van der Waals surface area contributed by atoms with E-state index in [-0.39, 0.29) is 17.8 Å². The summed E-state index contributed by atoms with van der Waals surface area (Å²) in [5.74, 6) is 0.602. The van der Waals surface area contributed by atoms with E-state index in [1.165, 1.54) is 0 Å². The third-order valence-corrected chi connectivity index (χ3v) is 8.31. The lowest BCUT2D eigenvalue weighted by Crippen LogP contribution is -2.45. The van der Waals surface area contributed by atoms with Crippen molar-refractivity contribution in [2.75, 3.05) is 33.4 Å². The molecule has 5 rings (SSSR count). The van der Waals surface area contributed by atoms with E-state index in [0.717, 1.165) is 74.6 Å². The number of nitrogens with one attached hydrogen (secondary N) is 1. The Morgan fingerprint density at radius 3 is 2.66 bits per heavy atom. The van der Waals surface area contributed by atoms with Crippen molar-refractivity contribution in [3.05, 3.63) is 53.9 Å². The van der Waals surface area contributed by atoms with Gasteiger partial charge in [-0.3, -0.25) is 0 Å². The fourth-order valence-electron chi connectivity index (χ4n) is 5.54. The molecule has 1 aliphatic heterocycles. The molecule has 0 amide bonds. The third kappa shape index (κ3) is 8.65. The molecule has 1 aromatic carbocycles. The van der Waals surface area contributed by atoms with Gasteiger partial charge in [0.05, 0.1) is 25.4 Å². The largest absolute Gasteiger partial charge is 0.493 e. The number of nitrogens with two attached hydrogens (primary N) is 1. The number of nitrogens with zero attached hydrogens (tertiary/aromatic N) is 2. The lowest BCUT2D eigenvalue weighted by atomic mass is 9.80. The number of aliphatic hydroxyl groups excluding tert-OH is 1. The van der Waals surface area contributed by atoms with Gasteiger partial charge in [0.2, 0.25) is 5.88 Å². The molecule has 2 aromatic heterocycles. The number of methoxy groups -OCH3 is 1. The lowest BCUT2D eigenvalue weighted by Gasteiger charge is -2.39. The number of carboxylic acids is 1. The summed E-state index contributed by atoms with van der Waals surface area (Å²) in [5, 5.41) is 30.0. The molecule has 224 valence electrons. The van der Waals surface area contributed by atoms with Crippen molar-refractivity contribution in [3.8, 4) is 11.6 Å². The number of aliphatic hydroxyl groups is 2. The Balaban J connectivity index is 0.000000195. The van der Waals surface area contributed by atoms with Gasteiger partial charge in [0, 0.05) is 55.3 Å². The molecule has 2 atom stereocenters. The fraction of sp³-hybridized carbons (Fsp3) is 0.548. The van der Waals surface area contributed by atoms with E-state index in [1.807, 2.05) is 24.3 Å². The van der Waals surface area contributed by atoms with Gasteiger partial charge >= 0.3 is 5.97 Å². The number of ether oxygens (including phenoxy) is 2. The van der Waals surface area contributed by atoms with Crippen LogP contribution in [0.5, 0.6) is 11.6 Å². The van der Waals surface area contributed by atoms with Gasteiger partial charge in [-0.2, -0.15) is 0 Å². The number of H-pyrrole nitrogens is 1. The molecule has 1 saturated carbocycles. The molecule has 10 heteroatoms. The molecule has 1 saturated heterocycles. The highest BCUT2D eigenvalue weighted by atomic mass is 16.5. The summed E-state index contributed by atoms with van der Waals surface area (Å²) in [4.78, 5) is 20.4. The SMILES string of the molecule is COc1ccc(CCOc2cccc3[nH]c(C(=O)O)cc23)cn1.C[C@H]1CN(CCC2(O)CCC(N)CC2)CC[C@@H]1O. The smallest absolute Gasteiger partial charge is 0.352 e. The van der Waals surface area contributed by atoms with Crippen LogP contribution in [0.2, 0.25) is 0 Å². The summed E-state index contributed by atoms with van der Waals surface area (Å²) in [6, 6.07) is 11.1. The highest BCUT2D eigenvalue weighted by Crippen LogP contribution is 2.31. The molecular formula is C31H44N4O6. The first-order valence-electron chi connectivity index (χ1n) is 14.5. The maximum atomic E-state index is 11.0. The fourth-order valence-corrected chi connectivity index (χ4v) is 5.54. The molecule has 3 aromatic rings. The second-order valence-electron chi connectivity index (χ2n) is 11.5. The number of carboxylic acid groups (broad SMARTS) is 1. The van der Waals surface area contributed by atoms with Gasteiger partial charge in [0.15, 0.2) is 0 Å². The quantitative estimate of drug-likeness (QED) is 0.260. The minimum absolute atomic E-state index is 0.142. The van der Waals surface area contributed by atoms with Gasteiger partial charge in [-0.1, -0.05) is 19.1 Å². The number of likely N-dealkylation sites (tertiary alicyclic amines) is 1. The molecule has 2 aliphatic rings. The number of piperidine rings is 1. The van der Waals surface area contributed by atoms with E-state index in [0.29, 0.717) is 30.6 Å². The number of fused-ring (bicyclic) bond motifs is 1. The van der Waals surface area contributed by atoms with Crippen molar-refractivity contribution in [2.45, 2.75) is 69.6 Å². The number of rotatable bonds is 9. The van der Waals surface area contributed by atoms with Gasteiger partial charge < -0.3 is 40.4 Å². The van der Waals surface area contributed by atoms with Gasteiger partial charge in [-0.25, -0.2) is 9.78 Å². The van der Waals surface area contributed by atoms with Crippen LogP contribution < -0.4 is 15.2 Å². The number of aromatic amines is 1. The average molecular weight is 569 g/mol. The van der Waals surface area contributed by atoms with Crippen molar-refractivity contribution >= 4 is 16.9 Å². The Morgan fingerprint density at radius 1 is 1.22 bits per heavy atom. The van der Waals surface area contributed by atoms with Crippen LogP contribution in [0.15, 0.2) is 42.6 Å². The molecule has 41 heavy (non-hydrogen) atoms. The predicted octanol–water partition coefficient (Wildman–Crippen LogP) is 3.60. The molecule has 2 fully saturated rings. The van der Waals surface area contributed by atoms with Crippen LogP contribution in [0.1, 0.15) is 61.5 Å². The Morgan fingerprint density at radius 2 is 2.00 bits per heavy atom. The molecule has 0 unspecified atom stereocenters. The molecule has 0 bridgehead atoms. The minimum atomic E-state index is -0.989. The zero-order valence-electron chi connectivity index (χ0n) is 24.1. The van der Waals surface area contributed by atoms with Crippen molar-refractivity contribution in [3.63, 3.8) is 0 Å². The molecule has 10 nitrogen and oxygen atoms in total. The van der Waals surface area contributed by atoms with E-state index in [4.69, 9.17) is 20.3 Å². The Labute approximate surface area is 241 Å². The number of hydrogen-bond acceptors (Lipinski definition) is 8. The summed E-state index contributed by atoms with van der Waals surface area (Å²) in [5.41, 5.74) is 7.32. The van der Waals surface area contributed by atoms with Gasteiger partial charge in [-0.15, -0.1) is 0 Å². The van der Waals surface area contributed by atoms with E-state index >= 15 is 0 Å². The van der Waals surface area contributed by atoms with Crippen molar-refractivity contribution < 1.29 is 29.6 Å². The van der Waals surface area contributed by atoms with Crippen LogP contribution in [0.4, 0.5) is 0 Å². The Hall–Kier alpha value is -3.18. The number of pyridine rings is 1. The first-order chi connectivity index (χ1) is 19.7. The Bertz CT molecular complexity index is 1260.